The first-order valence-corrected chi connectivity index (χ1v) is 5.30. The molecule has 17 heavy (non-hydrogen) atoms. The van der Waals surface area contributed by atoms with Crippen molar-refractivity contribution in [3.05, 3.63) is 0 Å². The van der Waals surface area contributed by atoms with Crippen LogP contribution < -0.4 is 0 Å². The molecule has 7 heteroatoms. The maximum atomic E-state index is 12.5. The summed E-state index contributed by atoms with van der Waals surface area (Å²) >= 11 is 0. The second kappa shape index (κ2) is 7.50. The molecule has 0 saturated carbocycles. The Morgan fingerprint density at radius 3 is 2.24 bits per heavy atom. The fourth-order valence-electron chi connectivity index (χ4n) is 1.12. The summed E-state index contributed by atoms with van der Waals surface area (Å²) in [5.41, 5.74) is 0. The maximum absolute atomic E-state index is 12.5. The summed E-state index contributed by atoms with van der Waals surface area (Å²) in [6, 6.07) is 0. The van der Waals surface area contributed by atoms with E-state index in [2.05, 4.69) is 9.47 Å². The Morgan fingerprint density at radius 1 is 1.24 bits per heavy atom. The van der Waals surface area contributed by atoms with Gasteiger partial charge in [-0.2, -0.15) is 13.2 Å². The van der Waals surface area contributed by atoms with E-state index in [4.69, 9.17) is 4.74 Å². The first kappa shape index (κ1) is 16.2. The molecule has 102 valence electrons. The zero-order valence-electron chi connectivity index (χ0n) is 10.0. The van der Waals surface area contributed by atoms with Gasteiger partial charge < -0.3 is 14.2 Å². The SMILES string of the molecule is CCOC(=O)CC(OC(C)OCC)C(F)(F)F. The van der Waals surface area contributed by atoms with E-state index in [0.29, 0.717) is 0 Å². The molecule has 2 unspecified atom stereocenters. The van der Waals surface area contributed by atoms with Crippen LogP contribution in [0.3, 0.4) is 0 Å². The van der Waals surface area contributed by atoms with E-state index in [-0.39, 0.29) is 13.2 Å². The standard InChI is InChI=1S/C10H17F3O4/c1-4-15-7(3)17-8(10(11,12)13)6-9(14)16-5-2/h7-8H,4-6H2,1-3H3. The second-order valence-corrected chi connectivity index (χ2v) is 3.20. The van der Waals surface area contributed by atoms with Gasteiger partial charge in [0.15, 0.2) is 12.4 Å². The molecule has 0 rings (SSSR count). The summed E-state index contributed by atoms with van der Waals surface area (Å²) in [6.45, 7) is 4.75. The van der Waals surface area contributed by atoms with Crippen LogP contribution in [-0.4, -0.2) is 37.8 Å². The van der Waals surface area contributed by atoms with Crippen molar-refractivity contribution in [3.8, 4) is 0 Å². The van der Waals surface area contributed by atoms with E-state index in [1.807, 2.05) is 0 Å². The molecule has 0 aliphatic rings. The monoisotopic (exact) mass is 258 g/mol. The fraction of sp³-hybridized carbons (Fsp3) is 0.900. The number of ether oxygens (including phenoxy) is 3. The molecule has 0 fully saturated rings. The molecular formula is C10H17F3O4. The number of carbonyl (C=O) groups is 1. The predicted octanol–water partition coefficient (Wildman–Crippen LogP) is 2.27. The van der Waals surface area contributed by atoms with Crippen LogP contribution in [0.15, 0.2) is 0 Å². The van der Waals surface area contributed by atoms with Crippen LogP contribution >= 0.6 is 0 Å². The smallest absolute Gasteiger partial charge is 0.415 e. The lowest BCUT2D eigenvalue weighted by Gasteiger charge is -2.23. The molecule has 0 aromatic carbocycles. The number of rotatable bonds is 7. The van der Waals surface area contributed by atoms with Gasteiger partial charge in [0.05, 0.1) is 13.0 Å². The Labute approximate surface area is 98.0 Å². The highest BCUT2D eigenvalue weighted by Gasteiger charge is 2.43. The molecule has 0 aromatic rings. The van der Waals surface area contributed by atoms with Crippen molar-refractivity contribution in [1.82, 2.24) is 0 Å². The van der Waals surface area contributed by atoms with Crippen molar-refractivity contribution in [2.45, 2.75) is 45.8 Å². The summed E-state index contributed by atoms with van der Waals surface area (Å²) in [4.78, 5) is 11.0. The molecule has 0 heterocycles. The van der Waals surface area contributed by atoms with Gasteiger partial charge in [0.25, 0.3) is 0 Å². The average molecular weight is 258 g/mol. The lowest BCUT2D eigenvalue weighted by Crippen LogP contribution is -2.37. The number of esters is 1. The summed E-state index contributed by atoms with van der Waals surface area (Å²) in [5, 5.41) is 0. The summed E-state index contributed by atoms with van der Waals surface area (Å²) < 4.78 is 51.5. The van der Waals surface area contributed by atoms with Crippen LogP contribution in [0, 0.1) is 0 Å². The molecular weight excluding hydrogens is 241 g/mol. The van der Waals surface area contributed by atoms with Gasteiger partial charge in [-0.05, 0) is 20.8 Å². The normalized spacial score (nSPS) is 15.4. The minimum Gasteiger partial charge on any atom is -0.466 e. The zero-order valence-corrected chi connectivity index (χ0v) is 10.0. The van der Waals surface area contributed by atoms with Gasteiger partial charge in [0.1, 0.15) is 0 Å². The minimum atomic E-state index is -4.63. The van der Waals surface area contributed by atoms with Gasteiger partial charge in [0, 0.05) is 6.61 Å². The highest BCUT2D eigenvalue weighted by molar-refractivity contribution is 5.70. The highest BCUT2D eigenvalue weighted by Crippen LogP contribution is 2.26. The Morgan fingerprint density at radius 2 is 1.82 bits per heavy atom. The first-order chi connectivity index (χ1) is 7.81. The van der Waals surface area contributed by atoms with Crippen LogP contribution in [0.1, 0.15) is 27.2 Å². The van der Waals surface area contributed by atoms with E-state index in [9.17, 15) is 18.0 Å². The minimum absolute atomic E-state index is 0.0322. The molecule has 4 nitrogen and oxygen atoms in total. The molecule has 0 bridgehead atoms. The molecule has 0 radical (unpaired) electrons. The lowest BCUT2D eigenvalue weighted by atomic mass is 10.2. The Kier molecular flexibility index (Phi) is 7.13. The quantitative estimate of drug-likeness (QED) is 0.519. The van der Waals surface area contributed by atoms with E-state index in [1.165, 1.54) is 13.8 Å². The van der Waals surface area contributed by atoms with Crippen LogP contribution in [-0.2, 0) is 19.0 Å². The number of hydrogen-bond acceptors (Lipinski definition) is 4. The number of halogens is 3. The van der Waals surface area contributed by atoms with Crippen molar-refractivity contribution in [2.24, 2.45) is 0 Å². The molecule has 0 saturated heterocycles. The number of carbonyl (C=O) groups excluding carboxylic acids is 1. The molecule has 0 spiro atoms. The van der Waals surface area contributed by atoms with Gasteiger partial charge in [0.2, 0.25) is 0 Å². The van der Waals surface area contributed by atoms with E-state index >= 15 is 0 Å². The van der Waals surface area contributed by atoms with E-state index in [1.54, 1.807) is 6.92 Å². The topological polar surface area (TPSA) is 44.8 Å². The van der Waals surface area contributed by atoms with Crippen molar-refractivity contribution in [2.75, 3.05) is 13.2 Å². The van der Waals surface area contributed by atoms with Gasteiger partial charge in [-0.1, -0.05) is 0 Å². The summed E-state index contributed by atoms with van der Waals surface area (Å²) in [7, 11) is 0. The Hall–Kier alpha value is -0.820. The zero-order chi connectivity index (χ0) is 13.5. The molecule has 0 N–H and O–H groups in total. The second-order valence-electron chi connectivity index (χ2n) is 3.20. The van der Waals surface area contributed by atoms with Gasteiger partial charge in [-0.15, -0.1) is 0 Å². The van der Waals surface area contributed by atoms with Crippen LogP contribution in [0.2, 0.25) is 0 Å². The Bertz CT molecular complexity index is 230. The molecule has 0 amide bonds. The first-order valence-electron chi connectivity index (χ1n) is 5.30. The van der Waals surface area contributed by atoms with Gasteiger partial charge in [-0.25, -0.2) is 0 Å². The maximum Gasteiger partial charge on any atom is 0.415 e. The molecule has 2 atom stereocenters. The lowest BCUT2D eigenvalue weighted by molar-refractivity contribution is -0.268. The van der Waals surface area contributed by atoms with Crippen molar-refractivity contribution < 1.29 is 32.2 Å². The van der Waals surface area contributed by atoms with Crippen LogP contribution in [0.25, 0.3) is 0 Å². The average Bonchev–Trinajstić information content (AvgIpc) is 2.16. The predicted molar refractivity (Wildman–Crippen MR) is 53.3 cm³/mol. The van der Waals surface area contributed by atoms with Crippen LogP contribution in [0.5, 0.6) is 0 Å². The third-order valence-electron chi connectivity index (χ3n) is 1.78. The van der Waals surface area contributed by atoms with E-state index in [0.717, 1.165) is 0 Å². The van der Waals surface area contributed by atoms with E-state index < -0.39 is 31.0 Å². The third-order valence-corrected chi connectivity index (χ3v) is 1.78. The van der Waals surface area contributed by atoms with Crippen molar-refractivity contribution >= 4 is 5.97 Å². The fourth-order valence-corrected chi connectivity index (χ4v) is 1.12. The molecule has 0 aliphatic carbocycles. The third kappa shape index (κ3) is 7.17. The van der Waals surface area contributed by atoms with Gasteiger partial charge in [-0.3, -0.25) is 4.79 Å². The van der Waals surface area contributed by atoms with Crippen LogP contribution in [0.4, 0.5) is 13.2 Å². The summed E-state index contributed by atoms with van der Waals surface area (Å²) in [5.74, 6) is -0.946. The summed E-state index contributed by atoms with van der Waals surface area (Å²) in [6.07, 6.45) is -8.73. The molecule has 0 aromatic heterocycles. The molecule has 0 aliphatic heterocycles. The number of hydrogen-bond donors (Lipinski definition) is 0. The van der Waals surface area contributed by atoms with Crippen molar-refractivity contribution in [3.63, 3.8) is 0 Å². The Balaban J connectivity index is 4.39. The largest absolute Gasteiger partial charge is 0.466 e. The number of alkyl halides is 3. The highest BCUT2D eigenvalue weighted by atomic mass is 19.4. The van der Waals surface area contributed by atoms with Gasteiger partial charge >= 0.3 is 12.1 Å². The van der Waals surface area contributed by atoms with Crippen molar-refractivity contribution in [1.29, 1.82) is 0 Å².